The molecule has 0 spiro atoms. The zero-order chi connectivity index (χ0) is 22.8. The maximum atomic E-state index is 14.8. The smallest absolute Gasteiger partial charge is 0.145 e. The third-order valence-corrected chi connectivity index (χ3v) is 7.07. The van der Waals surface area contributed by atoms with Crippen molar-refractivity contribution < 1.29 is 17.6 Å². The van der Waals surface area contributed by atoms with Gasteiger partial charge in [-0.1, -0.05) is 48.9 Å². The van der Waals surface area contributed by atoms with Crippen LogP contribution in [0.15, 0.2) is 54.6 Å². The van der Waals surface area contributed by atoms with E-state index in [2.05, 4.69) is 31.2 Å². The molecule has 0 heterocycles. The second-order valence-electron chi connectivity index (χ2n) is 8.88. The van der Waals surface area contributed by atoms with E-state index in [0.717, 1.165) is 44.2 Å². The van der Waals surface area contributed by atoms with Crippen LogP contribution in [0.1, 0.15) is 62.0 Å². The summed E-state index contributed by atoms with van der Waals surface area (Å²) in [5.41, 5.74) is 1.30. The minimum absolute atomic E-state index is 0.0787. The third-order valence-electron chi connectivity index (χ3n) is 6.71. The summed E-state index contributed by atoms with van der Waals surface area (Å²) in [6, 6.07) is 14.8. The summed E-state index contributed by atoms with van der Waals surface area (Å²) < 4.78 is 57.2. The first-order valence-electron chi connectivity index (χ1n) is 11.0. The summed E-state index contributed by atoms with van der Waals surface area (Å²) in [4.78, 5) is 0. The number of hydrogen-bond donors (Lipinski definition) is 0. The van der Waals surface area contributed by atoms with Gasteiger partial charge in [0, 0.05) is 0 Å². The molecule has 0 nitrogen and oxygen atoms in total. The highest BCUT2D eigenvalue weighted by molar-refractivity contribution is 6.31. The molecule has 3 aromatic rings. The van der Waals surface area contributed by atoms with E-state index in [1.165, 1.54) is 17.7 Å². The summed E-state index contributed by atoms with van der Waals surface area (Å²) in [6.45, 7) is 2.24. The number of halogens is 5. The molecule has 1 saturated carbocycles. The van der Waals surface area contributed by atoms with Crippen molar-refractivity contribution in [3.8, 4) is 11.1 Å². The SMILES string of the molecule is C[C@@H](CC1CCC(c2cc(F)c(-c3cc(F)c(Cl)c(F)c3)c(F)c2)CC1)c1ccccc1. The van der Waals surface area contributed by atoms with Crippen LogP contribution in [0.5, 0.6) is 0 Å². The van der Waals surface area contributed by atoms with Crippen LogP contribution in [0.2, 0.25) is 5.02 Å². The molecule has 1 atom stereocenters. The van der Waals surface area contributed by atoms with Crippen molar-refractivity contribution in [2.45, 2.75) is 50.9 Å². The van der Waals surface area contributed by atoms with E-state index >= 15 is 0 Å². The van der Waals surface area contributed by atoms with E-state index in [1.54, 1.807) is 0 Å². The molecule has 5 heteroatoms. The quantitative estimate of drug-likeness (QED) is 0.263. The van der Waals surface area contributed by atoms with Gasteiger partial charge in [0.15, 0.2) is 0 Å². The highest BCUT2D eigenvalue weighted by atomic mass is 35.5. The molecule has 3 aromatic carbocycles. The van der Waals surface area contributed by atoms with E-state index in [4.69, 9.17) is 11.6 Å². The fraction of sp³-hybridized carbons (Fsp3) is 0.333. The molecule has 1 aliphatic rings. The van der Waals surface area contributed by atoms with Gasteiger partial charge < -0.3 is 0 Å². The van der Waals surface area contributed by atoms with Crippen molar-refractivity contribution in [3.63, 3.8) is 0 Å². The Hall–Kier alpha value is -2.33. The largest absolute Gasteiger partial charge is 0.206 e. The molecule has 32 heavy (non-hydrogen) atoms. The van der Waals surface area contributed by atoms with Gasteiger partial charge in [-0.3, -0.25) is 0 Å². The van der Waals surface area contributed by atoms with Gasteiger partial charge in [-0.15, -0.1) is 0 Å². The number of rotatable bonds is 5. The van der Waals surface area contributed by atoms with Gasteiger partial charge >= 0.3 is 0 Å². The Bertz CT molecular complexity index is 1040. The van der Waals surface area contributed by atoms with Crippen LogP contribution in [0.25, 0.3) is 11.1 Å². The number of benzene rings is 3. The first-order chi connectivity index (χ1) is 15.3. The second-order valence-corrected chi connectivity index (χ2v) is 9.26. The average Bonchev–Trinajstić information content (AvgIpc) is 2.78. The van der Waals surface area contributed by atoms with Gasteiger partial charge in [-0.25, -0.2) is 17.6 Å². The van der Waals surface area contributed by atoms with Crippen LogP contribution in [0.3, 0.4) is 0 Å². The van der Waals surface area contributed by atoms with Crippen molar-refractivity contribution in [2.75, 3.05) is 0 Å². The van der Waals surface area contributed by atoms with Crippen LogP contribution >= 0.6 is 11.6 Å². The molecule has 0 amide bonds. The van der Waals surface area contributed by atoms with Gasteiger partial charge in [0.1, 0.15) is 28.3 Å². The molecule has 0 unspecified atom stereocenters. The van der Waals surface area contributed by atoms with Crippen LogP contribution in [0, 0.1) is 29.2 Å². The van der Waals surface area contributed by atoms with Crippen LogP contribution in [-0.4, -0.2) is 0 Å². The summed E-state index contributed by atoms with van der Waals surface area (Å²) in [7, 11) is 0. The molecular formula is C27H25ClF4. The summed E-state index contributed by atoms with van der Waals surface area (Å²) in [6.07, 6.45) is 4.87. The third kappa shape index (κ3) is 4.85. The van der Waals surface area contributed by atoms with Crippen molar-refractivity contribution >= 4 is 11.6 Å². The monoisotopic (exact) mass is 460 g/mol. The van der Waals surface area contributed by atoms with Crippen molar-refractivity contribution in [3.05, 3.63) is 94.0 Å². The second kappa shape index (κ2) is 9.66. The fourth-order valence-electron chi connectivity index (χ4n) is 4.95. The zero-order valence-corrected chi connectivity index (χ0v) is 18.6. The van der Waals surface area contributed by atoms with Crippen LogP contribution in [-0.2, 0) is 0 Å². The Morgan fingerprint density at radius 1 is 0.812 bits per heavy atom. The zero-order valence-electron chi connectivity index (χ0n) is 17.9. The lowest BCUT2D eigenvalue weighted by molar-refractivity contribution is 0.296. The molecule has 0 N–H and O–H groups in total. The topological polar surface area (TPSA) is 0 Å². The van der Waals surface area contributed by atoms with Gasteiger partial charge in [0.25, 0.3) is 0 Å². The Kier molecular flexibility index (Phi) is 6.90. The molecule has 168 valence electrons. The highest BCUT2D eigenvalue weighted by Crippen LogP contribution is 2.41. The number of hydrogen-bond acceptors (Lipinski definition) is 0. The molecule has 1 fully saturated rings. The lowest BCUT2D eigenvalue weighted by atomic mass is 9.75. The summed E-state index contributed by atoms with van der Waals surface area (Å²) in [5.74, 6) is -2.58. The molecule has 0 aromatic heterocycles. The van der Waals surface area contributed by atoms with E-state index in [-0.39, 0.29) is 11.5 Å². The van der Waals surface area contributed by atoms with Gasteiger partial charge in [-0.05, 0) is 90.8 Å². The normalized spacial score (nSPS) is 19.7. The Morgan fingerprint density at radius 2 is 1.38 bits per heavy atom. The molecule has 0 saturated heterocycles. The Balaban J connectivity index is 1.45. The van der Waals surface area contributed by atoms with E-state index in [1.807, 2.05) is 6.07 Å². The van der Waals surface area contributed by atoms with E-state index in [0.29, 0.717) is 17.4 Å². The molecular weight excluding hydrogens is 436 g/mol. The minimum Gasteiger partial charge on any atom is -0.206 e. The fourth-order valence-corrected chi connectivity index (χ4v) is 5.06. The van der Waals surface area contributed by atoms with Gasteiger partial charge in [0.05, 0.1) is 5.56 Å². The lowest BCUT2D eigenvalue weighted by Crippen LogP contribution is -2.15. The van der Waals surface area contributed by atoms with Crippen molar-refractivity contribution in [1.82, 2.24) is 0 Å². The van der Waals surface area contributed by atoms with Gasteiger partial charge in [-0.2, -0.15) is 0 Å². The Morgan fingerprint density at radius 3 is 1.94 bits per heavy atom. The predicted octanol–water partition coefficient (Wildman–Crippen LogP) is 9.03. The van der Waals surface area contributed by atoms with Crippen LogP contribution < -0.4 is 0 Å². The average molecular weight is 461 g/mol. The molecule has 0 radical (unpaired) electrons. The standard InChI is InChI=1S/C27H25ClF4/c1-16(18-5-3-2-4-6-18)11-17-7-9-19(10-8-17)20-12-22(29)26(23(30)13-20)21-14-24(31)27(28)25(32)15-21/h2-6,12-17,19H,7-11H2,1H3/t16-,17?,19?/m0/s1. The predicted molar refractivity (Wildman–Crippen MR) is 121 cm³/mol. The van der Waals surface area contributed by atoms with Crippen molar-refractivity contribution in [1.29, 1.82) is 0 Å². The maximum absolute atomic E-state index is 14.8. The first kappa shape index (κ1) is 22.8. The maximum Gasteiger partial charge on any atom is 0.145 e. The molecule has 4 rings (SSSR count). The highest BCUT2D eigenvalue weighted by Gasteiger charge is 2.26. The van der Waals surface area contributed by atoms with Crippen LogP contribution in [0.4, 0.5) is 17.6 Å². The van der Waals surface area contributed by atoms with Gasteiger partial charge in [0.2, 0.25) is 0 Å². The van der Waals surface area contributed by atoms with E-state index in [9.17, 15) is 17.6 Å². The molecule has 1 aliphatic carbocycles. The Labute approximate surface area is 191 Å². The minimum atomic E-state index is -1.05. The van der Waals surface area contributed by atoms with E-state index < -0.39 is 33.9 Å². The summed E-state index contributed by atoms with van der Waals surface area (Å²) >= 11 is 5.48. The molecule has 0 aliphatic heterocycles. The molecule has 0 bridgehead atoms. The van der Waals surface area contributed by atoms with Crippen molar-refractivity contribution in [2.24, 2.45) is 5.92 Å². The lowest BCUT2D eigenvalue weighted by Gasteiger charge is -2.30. The first-order valence-corrected chi connectivity index (χ1v) is 11.4. The summed E-state index contributed by atoms with van der Waals surface area (Å²) in [5, 5.41) is -0.690.